The zero-order valence-corrected chi connectivity index (χ0v) is 16.3. The minimum Gasteiger partial charge on any atom is -0.352 e. The minimum absolute atomic E-state index is 0.0276. The van der Waals surface area contributed by atoms with Crippen LogP contribution in [0.3, 0.4) is 0 Å². The summed E-state index contributed by atoms with van der Waals surface area (Å²) in [5.74, 6) is -0.203. The molecule has 2 aromatic rings. The fraction of sp³-hybridized carbons (Fsp3) is 0.364. The Morgan fingerprint density at radius 3 is 2.44 bits per heavy atom. The van der Waals surface area contributed by atoms with E-state index in [2.05, 4.69) is 28.8 Å². The van der Waals surface area contributed by atoms with E-state index in [1.807, 2.05) is 31.2 Å². The van der Waals surface area contributed by atoms with Gasteiger partial charge in [0.05, 0.1) is 12.5 Å². The van der Waals surface area contributed by atoms with Gasteiger partial charge >= 0.3 is 0 Å². The van der Waals surface area contributed by atoms with Crippen molar-refractivity contribution in [2.75, 3.05) is 5.88 Å². The van der Waals surface area contributed by atoms with E-state index in [9.17, 15) is 9.59 Å². The topological polar surface area (TPSA) is 58.2 Å². The van der Waals surface area contributed by atoms with Gasteiger partial charge in [0.15, 0.2) is 0 Å². The minimum atomic E-state index is -0.188. The second-order valence-corrected chi connectivity index (χ2v) is 7.34. The summed E-state index contributed by atoms with van der Waals surface area (Å²) in [5.41, 5.74) is 5.92. The fourth-order valence-corrected chi connectivity index (χ4v) is 3.55. The molecule has 2 N–H and O–H groups in total. The Labute approximate surface area is 165 Å². The van der Waals surface area contributed by atoms with Crippen LogP contribution in [0.4, 0.5) is 0 Å². The molecule has 1 unspecified atom stereocenters. The summed E-state index contributed by atoms with van der Waals surface area (Å²) in [4.78, 5) is 23.6. The highest BCUT2D eigenvalue weighted by molar-refractivity contribution is 6.27. The quantitative estimate of drug-likeness (QED) is 0.718. The highest BCUT2D eigenvalue weighted by Crippen LogP contribution is 2.23. The molecule has 0 saturated carbocycles. The summed E-state index contributed by atoms with van der Waals surface area (Å²) in [7, 11) is 0. The number of halogens is 1. The molecule has 0 aromatic heterocycles. The molecule has 4 nitrogen and oxygen atoms in total. The van der Waals surface area contributed by atoms with Gasteiger partial charge in [-0.25, -0.2) is 0 Å². The first kappa shape index (κ1) is 19.4. The van der Waals surface area contributed by atoms with Crippen LogP contribution < -0.4 is 10.6 Å². The van der Waals surface area contributed by atoms with Gasteiger partial charge in [-0.15, -0.1) is 11.6 Å². The molecule has 0 heterocycles. The molecule has 3 rings (SSSR count). The molecule has 0 aliphatic heterocycles. The van der Waals surface area contributed by atoms with E-state index in [0.29, 0.717) is 13.0 Å². The Hall–Kier alpha value is -2.33. The van der Waals surface area contributed by atoms with Gasteiger partial charge < -0.3 is 10.6 Å². The average molecular weight is 385 g/mol. The van der Waals surface area contributed by atoms with E-state index in [4.69, 9.17) is 11.6 Å². The lowest BCUT2D eigenvalue weighted by Gasteiger charge is -2.14. The maximum Gasteiger partial charge on any atom is 0.235 e. The maximum absolute atomic E-state index is 12.2. The normalized spacial score (nSPS) is 13.7. The third-order valence-corrected chi connectivity index (χ3v) is 5.24. The predicted octanol–water partition coefficient (Wildman–Crippen LogP) is 3.45. The lowest BCUT2D eigenvalue weighted by Crippen LogP contribution is -2.27. The second kappa shape index (κ2) is 9.05. The van der Waals surface area contributed by atoms with Gasteiger partial charge in [0.25, 0.3) is 0 Å². The first-order chi connectivity index (χ1) is 13.0. The summed E-state index contributed by atoms with van der Waals surface area (Å²) >= 11 is 5.51. The van der Waals surface area contributed by atoms with Gasteiger partial charge in [0.1, 0.15) is 5.88 Å². The average Bonchev–Trinajstić information content (AvgIpc) is 3.14. The number of rotatable bonds is 7. The smallest absolute Gasteiger partial charge is 0.235 e. The number of fused-ring (bicyclic) bond motifs is 1. The molecule has 0 radical (unpaired) electrons. The van der Waals surface area contributed by atoms with E-state index >= 15 is 0 Å². The number of benzene rings is 2. The SMILES string of the molecule is CC(NC(=O)CCl)c1ccc(CNC(=O)Cc2ccc3c(c2)CCC3)cc1. The van der Waals surface area contributed by atoms with Crippen LogP contribution in [0, 0.1) is 0 Å². The Morgan fingerprint density at radius 1 is 1.00 bits per heavy atom. The van der Waals surface area contributed by atoms with Gasteiger partial charge in [-0.05, 0) is 54.0 Å². The van der Waals surface area contributed by atoms with Crippen molar-refractivity contribution in [3.8, 4) is 0 Å². The van der Waals surface area contributed by atoms with Crippen molar-refractivity contribution < 1.29 is 9.59 Å². The van der Waals surface area contributed by atoms with Gasteiger partial charge in [0, 0.05) is 6.54 Å². The Morgan fingerprint density at radius 2 is 1.70 bits per heavy atom. The van der Waals surface area contributed by atoms with Gasteiger partial charge in [0.2, 0.25) is 11.8 Å². The predicted molar refractivity (Wildman–Crippen MR) is 108 cm³/mol. The van der Waals surface area contributed by atoms with E-state index in [1.165, 1.54) is 17.5 Å². The van der Waals surface area contributed by atoms with E-state index < -0.39 is 0 Å². The van der Waals surface area contributed by atoms with Crippen LogP contribution in [0.5, 0.6) is 0 Å². The van der Waals surface area contributed by atoms with E-state index in [0.717, 1.165) is 29.5 Å². The molecule has 0 saturated heterocycles. The Kier molecular flexibility index (Phi) is 6.51. The van der Waals surface area contributed by atoms with Crippen molar-refractivity contribution in [1.29, 1.82) is 0 Å². The third kappa shape index (κ3) is 5.33. The molecule has 142 valence electrons. The van der Waals surface area contributed by atoms with Gasteiger partial charge in [-0.1, -0.05) is 42.5 Å². The number of nitrogens with one attached hydrogen (secondary N) is 2. The highest BCUT2D eigenvalue weighted by atomic mass is 35.5. The van der Waals surface area contributed by atoms with E-state index in [-0.39, 0.29) is 23.7 Å². The lowest BCUT2D eigenvalue weighted by molar-refractivity contribution is -0.121. The first-order valence-electron chi connectivity index (χ1n) is 9.36. The third-order valence-electron chi connectivity index (χ3n) is 5.00. The van der Waals surface area contributed by atoms with Crippen molar-refractivity contribution >= 4 is 23.4 Å². The molecule has 0 fully saturated rings. The molecule has 27 heavy (non-hydrogen) atoms. The summed E-state index contributed by atoms with van der Waals surface area (Å²) in [6, 6.07) is 14.2. The highest BCUT2D eigenvalue weighted by Gasteiger charge is 2.12. The second-order valence-electron chi connectivity index (χ2n) is 7.07. The molecule has 0 bridgehead atoms. The van der Waals surface area contributed by atoms with Crippen LogP contribution in [0.2, 0.25) is 0 Å². The van der Waals surface area contributed by atoms with Crippen LogP contribution in [0.25, 0.3) is 0 Å². The summed E-state index contributed by atoms with van der Waals surface area (Å²) in [5, 5.41) is 5.80. The number of hydrogen-bond acceptors (Lipinski definition) is 2. The van der Waals surface area contributed by atoms with Crippen LogP contribution in [0.15, 0.2) is 42.5 Å². The van der Waals surface area contributed by atoms with E-state index in [1.54, 1.807) is 0 Å². The lowest BCUT2D eigenvalue weighted by atomic mass is 10.0. The van der Waals surface area contributed by atoms with Crippen LogP contribution >= 0.6 is 11.6 Å². The number of carbonyl (C=O) groups excluding carboxylic acids is 2. The van der Waals surface area contributed by atoms with Crippen LogP contribution in [-0.4, -0.2) is 17.7 Å². The van der Waals surface area contributed by atoms with Gasteiger partial charge in [-0.3, -0.25) is 9.59 Å². The zero-order chi connectivity index (χ0) is 19.2. The maximum atomic E-state index is 12.2. The molecule has 2 aromatic carbocycles. The first-order valence-corrected chi connectivity index (χ1v) is 9.90. The molecular weight excluding hydrogens is 360 g/mol. The number of aryl methyl sites for hydroxylation is 2. The molecule has 1 aliphatic rings. The number of hydrogen-bond donors (Lipinski definition) is 2. The fourth-order valence-electron chi connectivity index (χ4n) is 3.47. The van der Waals surface area contributed by atoms with Crippen molar-refractivity contribution in [2.45, 2.75) is 45.2 Å². The number of amides is 2. The summed E-state index contributed by atoms with van der Waals surface area (Å²) < 4.78 is 0. The van der Waals surface area contributed by atoms with Crippen molar-refractivity contribution in [1.82, 2.24) is 10.6 Å². The Balaban J connectivity index is 1.49. The largest absolute Gasteiger partial charge is 0.352 e. The molecular formula is C22H25ClN2O2. The van der Waals surface area contributed by atoms with Crippen molar-refractivity contribution in [3.05, 3.63) is 70.3 Å². The van der Waals surface area contributed by atoms with Gasteiger partial charge in [-0.2, -0.15) is 0 Å². The molecule has 0 spiro atoms. The van der Waals surface area contributed by atoms with Crippen molar-refractivity contribution in [2.24, 2.45) is 0 Å². The monoisotopic (exact) mass is 384 g/mol. The number of alkyl halides is 1. The van der Waals surface area contributed by atoms with Crippen LogP contribution in [-0.2, 0) is 35.4 Å². The molecule has 5 heteroatoms. The Bertz CT molecular complexity index is 818. The van der Waals surface area contributed by atoms with Crippen LogP contribution in [0.1, 0.15) is 47.2 Å². The standard InChI is InChI=1S/C22H25ClN2O2/c1-15(25-22(27)13-23)18-8-5-16(6-9-18)14-24-21(26)12-17-7-10-19-3-2-4-20(19)11-17/h5-11,15H,2-4,12-14H2,1H3,(H,24,26)(H,25,27). The summed E-state index contributed by atoms with van der Waals surface area (Å²) in [6.07, 6.45) is 3.91. The number of carbonyl (C=O) groups is 2. The zero-order valence-electron chi connectivity index (χ0n) is 15.6. The van der Waals surface area contributed by atoms with Crippen molar-refractivity contribution in [3.63, 3.8) is 0 Å². The molecule has 1 aliphatic carbocycles. The molecule has 2 amide bonds. The summed E-state index contributed by atoms with van der Waals surface area (Å²) in [6.45, 7) is 2.41. The molecule has 1 atom stereocenters.